The fraction of sp³-hybridized carbons (Fsp3) is 0.500. The summed E-state index contributed by atoms with van der Waals surface area (Å²) in [6, 6.07) is 0. The molecule has 0 fully saturated rings. The van der Waals surface area contributed by atoms with Crippen molar-refractivity contribution in [2.45, 2.75) is 66.7 Å². The van der Waals surface area contributed by atoms with Gasteiger partial charge in [0, 0.05) is 6.08 Å². The normalized spacial score (nSPS) is 19.5. The molecule has 0 aliphatic heterocycles. The zero-order chi connectivity index (χ0) is 18.2. The molecule has 0 aromatic rings. The van der Waals surface area contributed by atoms with Crippen LogP contribution >= 0.6 is 0 Å². The van der Waals surface area contributed by atoms with Crippen LogP contribution in [0.5, 0.6) is 0 Å². The summed E-state index contributed by atoms with van der Waals surface area (Å²) in [5.74, 6) is -0.906. The molecule has 0 aromatic carbocycles. The molecule has 0 aromatic heterocycles. The van der Waals surface area contributed by atoms with Crippen molar-refractivity contribution >= 4 is 5.97 Å². The van der Waals surface area contributed by atoms with Crippen LogP contribution < -0.4 is 0 Å². The summed E-state index contributed by atoms with van der Waals surface area (Å²) in [5.41, 5.74) is 5.26. The second-order valence-corrected chi connectivity index (χ2v) is 7.34. The van der Waals surface area contributed by atoms with Gasteiger partial charge in [-0.1, -0.05) is 63.1 Å². The van der Waals surface area contributed by atoms with Crippen molar-refractivity contribution < 1.29 is 9.90 Å². The first kappa shape index (κ1) is 20.2. The Balaban J connectivity index is 2.95. The quantitative estimate of drug-likeness (QED) is 0.434. The Bertz CT molecular complexity index is 595. The van der Waals surface area contributed by atoms with Gasteiger partial charge in [-0.3, -0.25) is 0 Å². The predicted molar refractivity (Wildman–Crippen MR) is 103 cm³/mol. The number of carboxylic acids is 1. The number of carbonyl (C=O) groups is 1. The van der Waals surface area contributed by atoms with Crippen molar-refractivity contribution in [3.05, 3.63) is 58.7 Å². The molecule has 1 aliphatic rings. The molecule has 132 valence electrons. The van der Waals surface area contributed by atoms with Crippen LogP contribution in [-0.2, 0) is 4.79 Å². The van der Waals surface area contributed by atoms with E-state index in [9.17, 15) is 4.79 Å². The van der Waals surface area contributed by atoms with E-state index in [0.29, 0.717) is 0 Å². The number of rotatable bonds is 7. The van der Waals surface area contributed by atoms with E-state index in [1.54, 1.807) is 6.92 Å². The molecule has 0 heterocycles. The Kier molecular flexibility index (Phi) is 7.97. The summed E-state index contributed by atoms with van der Waals surface area (Å²) in [7, 11) is 0. The summed E-state index contributed by atoms with van der Waals surface area (Å²) in [6.07, 6.45) is 17.5. The number of aliphatic carboxylic acids is 1. The minimum atomic E-state index is -0.906. The third-order valence-electron chi connectivity index (χ3n) is 4.57. The Morgan fingerprint density at radius 2 is 2.00 bits per heavy atom. The largest absolute Gasteiger partial charge is 0.478 e. The van der Waals surface area contributed by atoms with Gasteiger partial charge < -0.3 is 5.11 Å². The van der Waals surface area contributed by atoms with E-state index < -0.39 is 5.97 Å². The van der Waals surface area contributed by atoms with Gasteiger partial charge in [0.2, 0.25) is 0 Å². The van der Waals surface area contributed by atoms with E-state index in [-0.39, 0.29) is 5.41 Å². The van der Waals surface area contributed by atoms with Crippen LogP contribution in [0.1, 0.15) is 66.7 Å². The van der Waals surface area contributed by atoms with Crippen LogP contribution in [0, 0.1) is 5.41 Å². The second kappa shape index (κ2) is 9.46. The number of allylic oxidation sites excluding steroid dienone is 9. The van der Waals surface area contributed by atoms with Gasteiger partial charge in [-0.05, 0) is 61.7 Å². The van der Waals surface area contributed by atoms with Gasteiger partial charge in [0.1, 0.15) is 0 Å². The summed E-state index contributed by atoms with van der Waals surface area (Å²) in [4.78, 5) is 10.6. The number of hydrogen-bond acceptors (Lipinski definition) is 1. The Hall–Kier alpha value is -1.83. The zero-order valence-corrected chi connectivity index (χ0v) is 15.9. The van der Waals surface area contributed by atoms with Crippen LogP contribution in [-0.4, -0.2) is 11.1 Å². The Morgan fingerprint density at radius 1 is 1.29 bits per heavy atom. The molecule has 0 radical (unpaired) electrons. The molecule has 2 heteroatoms. The predicted octanol–water partition coefficient (Wildman–Crippen LogP) is 6.38. The molecule has 1 aliphatic carbocycles. The molecular weight excluding hydrogens is 296 g/mol. The topological polar surface area (TPSA) is 37.3 Å². The highest BCUT2D eigenvalue weighted by Gasteiger charge is 2.26. The average molecular weight is 328 g/mol. The van der Waals surface area contributed by atoms with Gasteiger partial charge in [-0.2, -0.15) is 0 Å². The zero-order valence-electron chi connectivity index (χ0n) is 15.9. The highest BCUT2D eigenvalue weighted by molar-refractivity contribution is 5.81. The summed E-state index contributed by atoms with van der Waals surface area (Å²) >= 11 is 0. The third-order valence-corrected chi connectivity index (χ3v) is 4.57. The SMILES string of the molecule is CCCC(C=CC1=C(C)CCCC1(C)C)=CC=CC(C)=CC(=O)O. The molecule has 0 saturated heterocycles. The van der Waals surface area contributed by atoms with E-state index in [4.69, 9.17) is 5.11 Å². The lowest BCUT2D eigenvalue weighted by Gasteiger charge is -2.33. The number of hydrogen-bond donors (Lipinski definition) is 1. The van der Waals surface area contributed by atoms with E-state index in [2.05, 4.69) is 45.9 Å². The van der Waals surface area contributed by atoms with E-state index in [1.165, 1.54) is 42.1 Å². The molecule has 0 amide bonds. The van der Waals surface area contributed by atoms with E-state index in [1.807, 2.05) is 12.2 Å². The fourth-order valence-corrected chi connectivity index (χ4v) is 3.28. The standard InChI is InChI=1S/C22H32O2/c1-6-9-19(12-7-10-17(2)16-21(23)24)13-14-20-18(3)11-8-15-22(20,4)5/h7,10,12-14,16H,6,8-9,11,15H2,1-5H3,(H,23,24). The van der Waals surface area contributed by atoms with Crippen molar-refractivity contribution in [1.29, 1.82) is 0 Å². The minimum absolute atomic E-state index is 0.257. The van der Waals surface area contributed by atoms with Crippen molar-refractivity contribution in [2.75, 3.05) is 0 Å². The summed E-state index contributed by atoms with van der Waals surface area (Å²) in [5, 5.41) is 8.74. The van der Waals surface area contributed by atoms with Gasteiger partial charge in [0.15, 0.2) is 0 Å². The summed E-state index contributed by atoms with van der Waals surface area (Å²) in [6.45, 7) is 10.9. The molecule has 0 bridgehead atoms. The van der Waals surface area contributed by atoms with Crippen molar-refractivity contribution in [2.24, 2.45) is 5.41 Å². The molecule has 1 N–H and O–H groups in total. The van der Waals surface area contributed by atoms with Crippen molar-refractivity contribution in [3.8, 4) is 0 Å². The molecule has 2 nitrogen and oxygen atoms in total. The van der Waals surface area contributed by atoms with E-state index >= 15 is 0 Å². The molecule has 0 unspecified atom stereocenters. The van der Waals surface area contributed by atoms with Crippen LogP contribution in [0.4, 0.5) is 0 Å². The van der Waals surface area contributed by atoms with Gasteiger partial charge >= 0.3 is 5.97 Å². The lowest BCUT2D eigenvalue weighted by atomic mass is 9.72. The monoisotopic (exact) mass is 328 g/mol. The van der Waals surface area contributed by atoms with Crippen LogP contribution in [0.15, 0.2) is 58.7 Å². The maximum atomic E-state index is 10.6. The molecule has 0 spiro atoms. The van der Waals surface area contributed by atoms with Crippen molar-refractivity contribution in [1.82, 2.24) is 0 Å². The number of carboxylic acid groups (broad SMARTS) is 1. The molecule has 0 atom stereocenters. The first-order chi connectivity index (χ1) is 11.3. The van der Waals surface area contributed by atoms with E-state index in [0.717, 1.165) is 18.4 Å². The lowest BCUT2D eigenvalue weighted by Crippen LogP contribution is -2.19. The highest BCUT2D eigenvalue weighted by Crippen LogP contribution is 2.40. The Labute approximate surface area is 147 Å². The first-order valence-electron chi connectivity index (χ1n) is 8.93. The van der Waals surface area contributed by atoms with Gasteiger partial charge in [0.05, 0.1) is 0 Å². The average Bonchev–Trinajstić information content (AvgIpc) is 2.45. The lowest BCUT2D eigenvalue weighted by molar-refractivity contribution is -0.131. The van der Waals surface area contributed by atoms with Gasteiger partial charge in [-0.25, -0.2) is 4.79 Å². The molecule has 0 saturated carbocycles. The van der Waals surface area contributed by atoms with Gasteiger partial charge in [-0.15, -0.1) is 0 Å². The van der Waals surface area contributed by atoms with Gasteiger partial charge in [0.25, 0.3) is 0 Å². The Morgan fingerprint density at radius 3 is 2.58 bits per heavy atom. The smallest absolute Gasteiger partial charge is 0.328 e. The highest BCUT2D eigenvalue weighted by atomic mass is 16.4. The maximum Gasteiger partial charge on any atom is 0.328 e. The minimum Gasteiger partial charge on any atom is -0.478 e. The van der Waals surface area contributed by atoms with Crippen LogP contribution in [0.2, 0.25) is 0 Å². The third kappa shape index (κ3) is 6.74. The van der Waals surface area contributed by atoms with Crippen LogP contribution in [0.25, 0.3) is 0 Å². The summed E-state index contributed by atoms with van der Waals surface area (Å²) < 4.78 is 0. The molecular formula is C22H32O2. The molecule has 1 rings (SSSR count). The maximum absolute atomic E-state index is 10.6. The second-order valence-electron chi connectivity index (χ2n) is 7.34. The first-order valence-corrected chi connectivity index (χ1v) is 8.93. The van der Waals surface area contributed by atoms with Crippen molar-refractivity contribution in [3.63, 3.8) is 0 Å². The molecule has 24 heavy (non-hydrogen) atoms. The fourth-order valence-electron chi connectivity index (χ4n) is 3.28. The van der Waals surface area contributed by atoms with Crippen LogP contribution in [0.3, 0.4) is 0 Å².